The molecule has 0 unspecified atom stereocenters. The van der Waals surface area contributed by atoms with E-state index in [1.165, 1.54) is 12.1 Å². The van der Waals surface area contributed by atoms with Crippen LogP contribution in [0.3, 0.4) is 0 Å². The van der Waals surface area contributed by atoms with Crippen molar-refractivity contribution in [1.29, 1.82) is 0 Å². The fourth-order valence-corrected chi connectivity index (χ4v) is 2.30. The zero-order chi connectivity index (χ0) is 16.1. The number of halogens is 2. The molecule has 0 aliphatic heterocycles. The zero-order valence-electron chi connectivity index (χ0n) is 12.5. The maximum atomic E-state index is 13.5. The fraction of sp³-hybridized carbons (Fsp3) is 0.333. The number of anilines is 1. The van der Waals surface area contributed by atoms with Crippen molar-refractivity contribution in [2.75, 3.05) is 11.9 Å². The molecule has 22 heavy (non-hydrogen) atoms. The van der Waals surface area contributed by atoms with E-state index in [9.17, 15) is 8.78 Å². The third-order valence-corrected chi connectivity index (χ3v) is 3.36. The third-order valence-electron chi connectivity index (χ3n) is 3.11. The summed E-state index contributed by atoms with van der Waals surface area (Å²) >= 11 is 5.08. The van der Waals surface area contributed by atoms with Crippen molar-refractivity contribution in [2.45, 2.75) is 26.8 Å². The summed E-state index contributed by atoms with van der Waals surface area (Å²) in [6.07, 6.45) is 0.829. The van der Waals surface area contributed by atoms with Crippen LogP contribution in [-0.2, 0) is 6.54 Å². The predicted octanol–water partition coefficient (Wildman–Crippen LogP) is 3.15. The highest BCUT2D eigenvalue weighted by Gasteiger charge is 2.05. The number of nitrogens with zero attached hydrogens (tertiary/aromatic N) is 2. The molecule has 0 atom stereocenters. The van der Waals surface area contributed by atoms with Gasteiger partial charge in [0.15, 0.2) is 5.11 Å². The van der Waals surface area contributed by atoms with E-state index >= 15 is 0 Å². The Bertz CT molecular complexity index is 670. The van der Waals surface area contributed by atoms with Gasteiger partial charge in [-0.2, -0.15) is 5.10 Å². The van der Waals surface area contributed by atoms with Crippen LogP contribution in [0.1, 0.15) is 17.8 Å². The fourth-order valence-electron chi connectivity index (χ4n) is 2.09. The van der Waals surface area contributed by atoms with Gasteiger partial charge in [0.2, 0.25) is 0 Å². The first kappa shape index (κ1) is 16.4. The number of nitrogens with one attached hydrogen (secondary N) is 2. The summed E-state index contributed by atoms with van der Waals surface area (Å²) in [5, 5.41) is 10.4. The summed E-state index contributed by atoms with van der Waals surface area (Å²) in [7, 11) is 0. The number of benzene rings is 1. The van der Waals surface area contributed by atoms with Gasteiger partial charge in [-0.1, -0.05) is 0 Å². The Kier molecular flexibility index (Phi) is 5.43. The molecule has 2 N–H and O–H groups in total. The molecular formula is C15H18F2N4S. The second kappa shape index (κ2) is 7.31. The van der Waals surface area contributed by atoms with Gasteiger partial charge in [-0.15, -0.1) is 0 Å². The number of rotatable bonds is 5. The van der Waals surface area contributed by atoms with Crippen LogP contribution >= 0.6 is 12.2 Å². The molecule has 0 bridgehead atoms. The molecule has 7 heteroatoms. The second-order valence-electron chi connectivity index (χ2n) is 5.01. The summed E-state index contributed by atoms with van der Waals surface area (Å²) < 4.78 is 28.2. The van der Waals surface area contributed by atoms with Crippen LogP contribution in [0.25, 0.3) is 0 Å². The van der Waals surface area contributed by atoms with Crippen LogP contribution in [0.15, 0.2) is 24.3 Å². The molecule has 0 spiro atoms. The molecule has 0 saturated carbocycles. The van der Waals surface area contributed by atoms with E-state index in [1.54, 1.807) is 0 Å². The topological polar surface area (TPSA) is 41.9 Å². The van der Waals surface area contributed by atoms with E-state index in [0.717, 1.165) is 30.4 Å². The van der Waals surface area contributed by atoms with Crippen molar-refractivity contribution in [1.82, 2.24) is 15.1 Å². The Labute approximate surface area is 133 Å². The molecule has 2 rings (SSSR count). The lowest BCUT2D eigenvalue weighted by molar-refractivity contribution is 0.558. The van der Waals surface area contributed by atoms with Gasteiger partial charge in [-0.25, -0.2) is 8.78 Å². The minimum absolute atomic E-state index is 0.150. The Morgan fingerprint density at radius 1 is 1.27 bits per heavy atom. The highest BCUT2D eigenvalue weighted by atomic mass is 32.1. The number of hydrogen-bond donors (Lipinski definition) is 2. The smallest absolute Gasteiger partial charge is 0.170 e. The minimum Gasteiger partial charge on any atom is -0.362 e. The molecule has 0 fully saturated rings. The Morgan fingerprint density at radius 2 is 2.05 bits per heavy atom. The van der Waals surface area contributed by atoms with Crippen LogP contribution in [0, 0.1) is 25.5 Å². The van der Waals surface area contributed by atoms with Crippen LogP contribution in [0.5, 0.6) is 0 Å². The van der Waals surface area contributed by atoms with E-state index in [1.807, 2.05) is 24.6 Å². The monoisotopic (exact) mass is 324 g/mol. The van der Waals surface area contributed by atoms with Crippen molar-refractivity contribution in [2.24, 2.45) is 0 Å². The lowest BCUT2D eigenvalue weighted by Gasteiger charge is -2.11. The highest BCUT2D eigenvalue weighted by molar-refractivity contribution is 7.80. The van der Waals surface area contributed by atoms with Gasteiger partial charge in [0.05, 0.1) is 11.4 Å². The SMILES string of the molecule is Cc1cc(C)n(CCCNC(=S)Nc2ccc(F)cc2F)n1. The van der Waals surface area contributed by atoms with Crippen LogP contribution < -0.4 is 10.6 Å². The zero-order valence-corrected chi connectivity index (χ0v) is 13.3. The summed E-state index contributed by atoms with van der Waals surface area (Å²) in [4.78, 5) is 0. The molecule has 2 aromatic rings. The first-order chi connectivity index (χ1) is 10.5. The molecule has 118 valence electrons. The van der Waals surface area contributed by atoms with E-state index in [-0.39, 0.29) is 5.69 Å². The van der Waals surface area contributed by atoms with Crippen LogP contribution in [0.4, 0.5) is 14.5 Å². The van der Waals surface area contributed by atoms with Gasteiger partial charge in [-0.05, 0) is 50.7 Å². The maximum absolute atomic E-state index is 13.5. The van der Waals surface area contributed by atoms with Crippen LogP contribution in [-0.4, -0.2) is 21.4 Å². The Hall–Kier alpha value is -2.02. The molecular weight excluding hydrogens is 306 g/mol. The molecule has 0 aliphatic carbocycles. The maximum Gasteiger partial charge on any atom is 0.170 e. The average molecular weight is 324 g/mol. The number of hydrogen-bond acceptors (Lipinski definition) is 2. The second-order valence-corrected chi connectivity index (χ2v) is 5.42. The summed E-state index contributed by atoms with van der Waals surface area (Å²) in [5.74, 6) is -1.29. The van der Waals surface area contributed by atoms with Gasteiger partial charge in [0, 0.05) is 24.8 Å². The molecule has 0 radical (unpaired) electrons. The molecule has 1 heterocycles. The van der Waals surface area contributed by atoms with Gasteiger partial charge in [0.25, 0.3) is 0 Å². The standard InChI is InChI=1S/C15H18F2N4S/c1-10-8-11(2)21(20-10)7-3-6-18-15(22)19-14-5-4-12(16)9-13(14)17/h4-5,8-9H,3,6-7H2,1-2H3,(H2,18,19,22). The normalized spacial score (nSPS) is 10.5. The van der Waals surface area contributed by atoms with Gasteiger partial charge in [0.1, 0.15) is 11.6 Å². The van der Waals surface area contributed by atoms with Crippen molar-refractivity contribution in [3.05, 3.63) is 47.3 Å². The predicted molar refractivity (Wildman–Crippen MR) is 86.9 cm³/mol. The van der Waals surface area contributed by atoms with Crippen molar-refractivity contribution in [3.63, 3.8) is 0 Å². The van der Waals surface area contributed by atoms with Crippen LogP contribution in [0.2, 0.25) is 0 Å². The number of thiocarbonyl (C=S) groups is 1. The number of aromatic nitrogens is 2. The van der Waals surface area contributed by atoms with Crippen molar-refractivity contribution >= 4 is 23.0 Å². The first-order valence-corrected chi connectivity index (χ1v) is 7.37. The molecule has 1 aromatic heterocycles. The largest absolute Gasteiger partial charge is 0.362 e. The van der Waals surface area contributed by atoms with Crippen molar-refractivity contribution in [3.8, 4) is 0 Å². The minimum atomic E-state index is -0.674. The Morgan fingerprint density at radius 3 is 2.68 bits per heavy atom. The third kappa shape index (κ3) is 4.49. The molecule has 0 saturated heterocycles. The van der Waals surface area contributed by atoms with E-state index in [0.29, 0.717) is 11.7 Å². The van der Waals surface area contributed by atoms with Gasteiger partial charge < -0.3 is 10.6 Å². The average Bonchev–Trinajstić information content (AvgIpc) is 2.76. The number of aryl methyl sites for hydroxylation is 3. The summed E-state index contributed by atoms with van der Waals surface area (Å²) in [6.45, 7) is 5.38. The molecule has 0 amide bonds. The summed E-state index contributed by atoms with van der Waals surface area (Å²) in [5.41, 5.74) is 2.26. The first-order valence-electron chi connectivity index (χ1n) is 6.96. The van der Waals surface area contributed by atoms with Crippen molar-refractivity contribution < 1.29 is 8.78 Å². The quantitative estimate of drug-likeness (QED) is 0.655. The van der Waals surface area contributed by atoms with Gasteiger partial charge >= 0.3 is 0 Å². The molecule has 4 nitrogen and oxygen atoms in total. The van der Waals surface area contributed by atoms with E-state index in [2.05, 4.69) is 15.7 Å². The molecule has 0 aliphatic rings. The highest BCUT2D eigenvalue weighted by Crippen LogP contribution is 2.14. The Balaban J connectivity index is 1.75. The van der Waals surface area contributed by atoms with E-state index < -0.39 is 11.6 Å². The molecule has 1 aromatic carbocycles. The van der Waals surface area contributed by atoms with Gasteiger partial charge in [-0.3, -0.25) is 4.68 Å². The lowest BCUT2D eigenvalue weighted by Crippen LogP contribution is -2.30. The lowest BCUT2D eigenvalue weighted by atomic mass is 10.3. The summed E-state index contributed by atoms with van der Waals surface area (Å²) in [6, 6.07) is 5.33. The van der Waals surface area contributed by atoms with E-state index in [4.69, 9.17) is 12.2 Å².